The Balaban J connectivity index is 0.00000231. The van der Waals surface area contributed by atoms with Gasteiger partial charge in [0.2, 0.25) is 5.82 Å². The van der Waals surface area contributed by atoms with E-state index in [1.165, 1.54) is 24.0 Å². The van der Waals surface area contributed by atoms with Crippen LogP contribution in [-0.4, -0.2) is 29.3 Å². The van der Waals surface area contributed by atoms with Gasteiger partial charge in [0.1, 0.15) is 6.07 Å². The first kappa shape index (κ1) is 21.4. The van der Waals surface area contributed by atoms with E-state index in [1.807, 2.05) is 18.2 Å². The van der Waals surface area contributed by atoms with E-state index in [4.69, 9.17) is 4.52 Å². The Labute approximate surface area is 188 Å². The van der Waals surface area contributed by atoms with E-state index in [0.717, 1.165) is 49.3 Å². The van der Waals surface area contributed by atoms with Crippen LogP contribution in [0.4, 0.5) is 5.69 Å². The number of rotatable bonds is 3. The van der Waals surface area contributed by atoms with Crippen molar-refractivity contribution in [2.45, 2.75) is 45.2 Å². The van der Waals surface area contributed by atoms with E-state index in [-0.39, 0.29) is 12.4 Å². The van der Waals surface area contributed by atoms with Crippen LogP contribution >= 0.6 is 12.4 Å². The Hall–Kier alpha value is -2.88. The molecule has 0 aliphatic carbocycles. The van der Waals surface area contributed by atoms with Gasteiger partial charge in [-0.15, -0.1) is 12.4 Å². The number of benzene rings is 2. The topological polar surface area (TPSA) is 78.0 Å². The van der Waals surface area contributed by atoms with Crippen LogP contribution < -0.4 is 10.2 Å². The summed E-state index contributed by atoms with van der Waals surface area (Å²) in [5.74, 6) is 1.01. The van der Waals surface area contributed by atoms with Gasteiger partial charge in [-0.25, -0.2) is 0 Å². The summed E-state index contributed by atoms with van der Waals surface area (Å²) in [7, 11) is 0. The third kappa shape index (κ3) is 4.16. The molecule has 1 aromatic heterocycles. The molecule has 0 saturated carbocycles. The van der Waals surface area contributed by atoms with E-state index in [2.05, 4.69) is 51.5 Å². The highest BCUT2D eigenvalue weighted by molar-refractivity contribution is 5.85. The zero-order chi connectivity index (χ0) is 20.5. The third-order valence-electron chi connectivity index (χ3n) is 6.25. The fourth-order valence-electron chi connectivity index (χ4n) is 4.54. The molecule has 7 heteroatoms. The molecule has 1 saturated heterocycles. The maximum Gasteiger partial charge on any atom is 0.258 e. The van der Waals surface area contributed by atoms with E-state index >= 15 is 0 Å². The van der Waals surface area contributed by atoms with Gasteiger partial charge in [-0.05, 0) is 74.5 Å². The van der Waals surface area contributed by atoms with Crippen LogP contribution in [0.15, 0.2) is 40.9 Å². The van der Waals surface area contributed by atoms with Crippen molar-refractivity contribution in [2.24, 2.45) is 0 Å². The number of nitriles is 1. The number of hydrogen-bond donors (Lipinski definition) is 1. The number of piperidine rings is 1. The normalized spacial score (nSPS) is 18.1. The lowest BCUT2D eigenvalue weighted by Gasteiger charge is -2.36. The van der Waals surface area contributed by atoms with E-state index in [0.29, 0.717) is 23.3 Å². The molecular weight excluding hydrogens is 410 g/mol. The quantitative estimate of drug-likeness (QED) is 0.641. The SMILES string of the molecule is CC1CCCCN1c1ccc(-c2nc(-c3ccc4c(c3)CNCC4)no2)cc1C#N.Cl. The average Bonchev–Trinajstić information content (AvgIpc) is 3.29. The molecule has 160 valence electrons. The summed E-state index contributed by atoms with van der Waals surface area (Å²) in [5.41, 5.74) is 6.04. The number of nitrogens with one attached hydrogen (secondary N) is 1. The summed E-state index contributed by atoms with van der Waals surface area (Å²) >= 11 is 0. The van der Waals surface area contributed by atoms with Crippen molar-refractivity contribution in [1.29, 1.82) is 5.26 Å². The maximum atomic E-state index is 9.75. The molecule has 3 aromatic rings. The lowest BCUT2D eigenvalue weighted by molar-refractivity contribution is 0.432. The summed E-state index contributed by atoms with van der Waals surface area (Å²) in [4.78, 5) is 6.95. The zero-order valence-electron chi connectivity index (χ0n) is 17.6. The van der Waals surface area contributed by atoms with Crippen molar-refractivity contribution >= 4 is 18.1 Å². The minimum absolute atomic E-state index is 0. The maximum absolute atomic E-state index is 9.75. The second-order valence-corrected chi connectivity index (χ2v) is 8.22. The van der Waals surface area contributed by atoms with Crippen molar-refractivity contribution in [3.8, 4) is 28.9 Å². The molecule has 1 atom stereocenters. The van der Waals surface area contributed by atoms with Crippen LogP contribution in [0.1, 0.15) is 42.9 Å². The van der Waals surface area contributed by atoms with Crippen molar-refractivity contribution < 1.29 is 4.52 Å². The molecule has 2 aliphatic rings. The number of hydrogen-bond acceptors (Lipinski definition) is 6. The molecule has 1 fully saturated rings. The van der Waals surface area contributed by atoms with E-state index < -0.39 is 0 Å². The molecule has 2 aromatic carbocycles. The van der Waals surface area contributed by atoms with Gasteiger partial charge in [-0.1, -0.05) is 17.3 Å². The molecule has 5 rings (SSSR count). The highest BCUT2D eigenvalue weighted by atomic mass is 35.5. The van der Waals surface area contributed by atoms with E-state index in [9.17, 15) is 5.26 Å². The van der Waals surface area contributed by atoms with Gasteiger partial charge >= 0.3 is 0 Å². The van der Waals surface area contributed by atoms with Gasteiger partial charge in [-0.2, -0.15) is 10.2 Å². The van der Waals surface area contributed by atoms with Crippen LogP contribution in [0.3, 0.4) is 0 Å². The monoisotopic (exact) mass is 435 g/mol. The first-order chi connectivity index (χ1) is 14.7. The molecule has 0 spiro atoms. The van der Waals surface area contributed by atoms with Gasteiger partial charge in [-0.3, -0.25) is 0 Å². The van der Waals surface area contributed by atoms with Crippen molar-refractivity contribution in [3.63, 3.8) is 0 Å². The van der Waals surface area contributed by atoms with Gasteiger partial charge in [0.05, 0.1) is 11.3 Å². The second-order valence-electron chi connectivity index (χ2n) is 8.22. The van der Waals surface area contributed by atoms with Crippen molar-refractivity contribution in [1.82, 2.24) is 15.5 Å². The first-order valence-corrected chi connectivity index (χ1v) is 10.7. The second kappa shape index (κ2) is 9.09. The highest BCUT2D eigenvalue weighted by Crippen LogP contribution is 2.32. The molecular formula is C24H26ClN5O. The smallest absolute Gasteiger partial charge is 0.258 e. The molecule has 3 heterocycles. The zero-order valence-corrected chi connectivity index (χ0v) is 18.4. The van der Waals surface area contributed by atoms with E-state index in [1.54, 1.807) is 0 Å². The van der Waals surface area contributed by atoms with Crippen LogP contribution in [-0.2, 0) is 13.0 Å². The summed E-state index contributed by atoms with van der Waals surface area (Å²) in [5, 5.41) is 17.3. The number of fused-ring (bicyclic) bond motifs is 1. The van der Waals surface area contributed by atoms with Crippen molar-refractivity contribution in [3.05, 3.63) is 53.1 Å². The minimum atomic E-state index is 0. The fourth-order valence-corrected chi connectivity index (χ4v) is 4.54. The first-order valence-electron chi connectivity index (χ1n) is 10.7. The molecule has 0 amide bonds. The van der Waals surface area contributed by atoms with Crippen LogP contribution in [0.2, 0.25) is 0 Å². The van der Waals surface area contributed by atoms with Gasteiger partial charge in [0.15, 0.2) is 0 Å². The predicted octanol–water partition coefficient (Wildman–Crippen LogP) is 4.72. The molecule has 31 heavy (non-hydrogen) atoms. The van der Waals surface area contributed by atoms with Crippen LogP contribution in [0, 0.1) is 11.3 Å². The third-order valence-corrected chi connectivity index (χ3v) is 6.25. The fraction of sp³-hybridized carbons (Fsp3) is 0.375. The van der Waals surface area contributed by atoms with Crippen LogP contribution in [0.25, 0.3) is 22.8 Å². The molecule has 6 nitrogen and oxygen atoms in total. The Morgan fingerprint density at radius 2 is 2.00 bits per heavy atom. The highest BCUT2D eigenvalue weighted by Gasteiger charge is 2.22. The Bertz CT molecular complexity index is 1120. The number of nitrogens with zero attached hydrogens (tertiary/aromatic N) is 4. The minimum Gasteiger partial charge on any atom is -0.368 e. The summed E-state index contributed by atoms with van der Waals surface area (Å²) in [6, 6.07) is 15.0. The molecule has 1 unspecified atom stereocenters. The lowest BCUT2D eigenvalue weighted by Crippen LogP contribution is -2.37. The van der Waals surface area contributed by atoms with Gasteiger partial charge in [0, 0.05) is 30.3 Å². The summed E-state index contributed by atoms with van der Waals surface area (Å²) in [6.07, 6.45) is 4.63. The molecule has 1 N–H and O–H groups in total. The Kier molecular flexibility index (Phi) is 6.26. The Morgan fingerprint density at radius 1 is 1.13 bits per heavy atom. The number of aromatic nitrogens is 2. The average molecular weight is 436 g/mol. The number of anilines is 1. The van der Waals surface area contributed by atoms with Gasteiger partial charge < -0.3 is 14.7 Å². The summed E-state index contributed by atoms with van der Waals surface area (Å²) in [6.45, 7) is 5.11. The van der Waals surface area contributed by atoms with Gasteiger partial charge in [0.25, 0.3) is 5.89 Å². The van der Waals surface area contributed by atoms with Crippen molar-refractivity contribution in [2.75, 3.05) is 18.0 Å². The molecule has 0 bridgehead atoms. The summed E-state index contributed by atoms with van der Waals surface area (Å²) < 4.78 is 5.56. The lowest BCUT2D eigenvalue weighted by atomic mass is 9.98. The largest absolute Gasteiger partial charge is 0.368 e. The molecule has 0 radical (unpaired) electrons. The number of halogens is 1. The standard InChI is InChI=1S/C24H25N5O.ClH/c1-16-4-2-3-11-29(16)22-8-7-19(13-20(22)14-25)24-27-23(28-30-24)18-6-5-17-9-10-26-15-21(17)12-18;/h5-8,12-13,16,26H,2-4,9-11,15H2,1H3;1H. The van der Waals surface area contributed by atoms with Crippen LogP contribution in [0.5, 0.6) is 0 Å². The predicted molar refractivity (Wildman–Crippen MR) is 123 cm³/mol. The molecule has 2 aliphatic heterocycles. The Morgan fingerprint density at radius 3 is 2.84 bits per heavy atom.